The minimum Gasteiger partial charge on any atom is -0.361 e. The van der Waals surface area contributed by atoms with Crippen LogP contribution in [0.3, 0.4) is 0 Å². The number of anilines is 1. The zero-order valence-corrected chi connectivity index (χ0v) is 11.9. The fourth-order valence-corrected chi connectivity index (χ4v) is 3.68. The van der Waals surface area contributed by atoms with Crippen LogP contribution in [0.4, 0.5) is 5.69 Å². The normalized spacial score (nSPS) is 27.1. The van der Waals surface area contributed by atoms with E-state index in [4.69, 9.17) is 12.2 Å². The maximum atomic E-state index is 5.44. The fourth-order valence-electron chi connectivity index (χ4n) is 3.41. The molecule has 0 unspecified atom stereocenters. The van der Waals surface area contributed by atoms with Crippen LogP contribution in [-0.2, 0) is 0 Å². The van der Waals surface area contributed by atoms with Crippen molar-refractivity contribution in [1.29, 1.82) is 0 Å². The van der Waals surface area contributed by atoms with E-state index in [0.717, 1.165) is 22.2 Å². The third-order valence-electron chi connectivity index (χ3n) is 4.41. The standard InChI is InChI=1S/C16H17N3S/c20-16(19-15-8-10-1-2-11(15)7-10)18-13-3-4-14-12(9-13)5-6-17-14/h1-6,9-11,15,17H,7-8H2,(H2,18,19,20)/t10-,11+,15-/m1/s1. The molecule has 1 heterocycles. The molecule has 4 heteroatoms. The van der Waals surface area contributed by atoms with Crippen LogP contribution in [0.5, 0.6) is 0 Å². The van der Waals surface area contributed by atoms with Crippen LogP contribution in [0.1, 0.15) is 12.8 Å². The second kappa shape index (κ2) is 4.63. The van der Waals surface area contributed by atoms with E-state index in [1.54, 1.807) is 0 Å². The highest BCUT2D eigenvalue weighted by Gasteiger charge is 2.35. The monoisotopic (exact) mass is 283 g/mol. The number of fused-ring (bicyclic) bond motifs is 3. The Hall–Kier alpha value is -1.81. The van der Waals surface area contributed by atoms with E-state index in [2.05, 4.69) is 46.0 Å². The summed E-state index contributed by atoms with van der Waals surface area (Å²) in [4.78, 5) is 3.19. The van der Waals surface area contributed by atoms with Gasteiger partial charge in [-0.1, -0.05) is 12.2 Å². The van der Waals surface area contributed by atoms with Gasteiger partial charge in [0.25, 0.3) is 0 Å². The Kier molecular flexibility index (Phi) is 2.77. The Morgan fingerprint density at radius 2 is 2.15 bits per heavy atom. The van der Waals surface area contributed by atoms with Crippen molar-refractivity contribution in [1.82, 2.24) is 10.3 Å². The number of aromatic amines is 1. The topological polar surface area (TPSA) is 39.9 Å². The molecule has 0 saturated heterocycles. The third-order valence-corrected chi connectivity index (χ3v) is 4.63. The van der Waals surface area contributed by atoms with Crippen LogP contribution in [0.25, 0.3) is 10.9 Å². The molecular weight excluding hydrogens is 266 g/mol. The zero-order valence-electron chi connectivity index (χ0n) is 11.1. The van der Waals surface area contributed by atoms with Gasteiger partial charge in [0, 0.05) is 28.8 Å². The SMILES string of the molecule is S=C(Nc1ccc2[nH]ccc2c1)N[C@@H]1C[C@@H]2C=C[C@H]1C2. The summed E-state index contributed by atoms with van der Waals surface area (Å²) in [6.45, 7) is 0. The van der Waals surface area contributed by atoms with Gasteiger partial charge in [0.1, 0.15) is 0 Å². The largest absolute Gasteiger partial charge is 0.361 e. The molecule has 4 rings (SSSR count). The molecule has 2 aromatic rings. The molecule has 20 heavy (non-hydrogen) atoms. The summed E-state index contributed by atoms with van der Waals surface area (Å²) < 4.78 is 0. The summed E-state index contributed by atoms with van der Waals surface area (Å²) in [5.41, 5.74) is 2.18. The van der Waals surface area contributed by atoms with Crippen LogP contribution in [0.2, 0.25) is 0 Å². The van der Waals surface area contributed by atoms with E-state index >= 15 is 0 Å². The van der Waals surface area contributed by atoms with Crippen molar-refractivity contribution in [2.45, 2.75) is 18.9 Å². The first-order chi connectivity index (χ1) is 9.78. The fraction of sp³-hybridized carbons (Fsp3) is 0.312. The van der Waals surface area contributed by atoms with Gasteiger partial charge in [0.15, 0.2) is 5.11 Å². The van der Waals surface area contributed by atoms with Crippen LogP contribution < -0.4 is 10.6 Å². The van der Waals surface area contributed by atoms with Gasteiger partial charge in [0.2, 0.25) is 0 Å². The molecule has 2 aliphatic carbocycles. The molecular formula is C16H17N3S. The Bertz CT molecular complexity index is 688. The molecule has 2 bridgehead atoms. The Morgan fingerprint density at radius 1 is 1.20 bits per heavy atom. The van der Waals surface area contributed by atoms with Gasteiger partial charge in [-0.3, -0.25) is 0 Å². The molecule has 2 aliphatic rings. The average molecular weight is 283 g/mol. The molecule has 3 N–H and O–H groups in total. The van der Waals surface area contributed by atoms with E-state index in [1.165, 1.54) is 18.2 Å². The zero-order chi connectivity index (χ0) is 13.5. The number of thiocarbonyl (C=S) groups is 1. The van der Waals surface area contributed by atoms with Crippen LogP contribution in [0, 0.1) is 11.8 Å². The highest BCUT2D eigenvalue weighted by atomic mass is 32.1. The number of aromatic nitrogens is 1. The molecule has 1 aromatic carbocycles. The number of rotatable bonds is 2. The molecule has 1 saturated carbocycles. The molecule has 0 aliphatic heterocycles. The first-order valence-electron chi connectivity index (χ1n) is 7.11. The number of allylic oxidation sites excluding steroid dienone is 1. The smallest absolute Gasteiger partial charge is 0.171 e. The van der Waals surface area contributed by atoms with Crippen molar-refractivity contribution >= 4 is 33.9 Å². The molecule has 3 atom stereocenters. The number of benzene rings is 1. The lowest BCUT2D eigenvalue weighted by atomic mass is 10.0. The highest BCUT2D eigenvalue weighted by molar-refractivity contribution is 7.80. The van der Waals surface area contributed by atoms with Crippen molar-refractivity contribution in [3.05, 3.63) is 42.6 Å². The highest BCUT2D eigenvalue weighted by Crippen LogP contribution is 2.38. The number of nitrogens with one attached hydrogen (secondary N) is 3. The molecule has 0 radical (unpaired) electrons. The van der Waals surface area contributed by atoms with E-state index < -0.39 is 0 Å². The van der Waals surface area contributed by atoms with Crippen molar-refractivity contribution < 1.29 is 0 Å². The van der Waals surface area contributed by atoms with E-state index in [9.17, 15) is 0 Å². The summed E-state index contributed by atoms with van der Waals surface area (Å²) in [5, 5.41) is 8.68. The molecule has 0 amide bonds. The number of hydrogen-bond donors (Lipinski definition) is 3. The number of hydrogen-bond acceptors (Lipinski definition) is 1. The van der Waals surface area contributed by atoms with Crippen molar-refractivity contribution in [3.63, 3.8) is 0 Å². The molecule has 1 fully saturated rings. The Balaban J connectivity index is 1.43. The van der Waals surface area contributed by atoms with E-state index in [0.29, 0.717) is 12.0 Å². The molecule has 0 spiro atoms. The maximum absolute atomic E-state index is 5.44. The summed E-state index contributed by atoms with van der Waals surface area (Å²) in [6.07, 6.45) is 9.13. The van der Waals surface area contributed by atoms with Crippen molar-refractivity contribution in [2.75, 3.05) is 5.32 Å². The predicted molar refractivity (Wildman–Crippen MR) is 86.8 cm³/mol. The lowest BCUT2D eigenvalue weighted by molar-refractivity contribution is 0.526. The minimum absolute atomic E-state index is 0.501. The molecule has 1 aromatic heterocycles. The Labute approximate surface area is 123 Å². The lowest BCUT2D eigenvalue weighted by Crippen LogP contribution is -2.40. The maximum Gasteiger partial charge on any atom is 0.171 e. The van der Waals surface area contributed by atoms with Gasteiger partial charge in [-0.05, 0) is 61.2 Å². The van der Waals surface area contributed by atoms with Crippen LogP contribution >= 0.6 is 12.2 Å². The average Bonchev–Trinajstić information content (AvgIpc) is 3.13. The van der Waals surface area contributed by atoms with Crippen LogP contribution in [0.15, 0.2) is 42.6 Å². The summed E-state index contributed by atoms with van der Waals surface area (Å²) in [6, 6.07) is 8.80. The molecule has 3 nitrogen and oxygen atoms in total. The summed E-state index contributed by atoms with van der Waals surface area (Å²) in [7, 11) is 0. The van der Waals surface area contributed by atoms with Gasteiger partial charge in [0.05, 0.1) is 0 Å². The van der Waals surface area contributed by atoms with Crippen molar-refractivity contribution in [2.24, 2.45) is 11.8 Å². The van der Waals surface area contributed by atoms with Gasteiger partial charge >= 0.3 is 0 Å². The van der Waals surface area contributed by atoms with Gasteiger partial charge in [-0.2, -0.15) is 0 Å². The first kappa shape index (κ1) is 12.0. The first-order valence-corrected chi connectivity index (χ1v) is 7.52. The van der Waals surface area contributed by atoms with Crippen molar-refractivity contribution in [3.8, 4) is 0 Å². The quantitative estimate of drug-likeness (QED) is 0.584. The van der Waals surface area contributed by atoms with Gasteiger partial charge < -0.3 is 15.6 Å². The Morgan fingerprint density at radius 3 is 2.95 bits per heavy atom. The molecule has 102 valence electrons. The van der Waals surface area contributed by atoms with Crippen LogP contribution in [-0.4, -0.2) is 16.1 Å². The summed E-state index contributed by atoms with van der Waals surface area (Å²) in [5.74, 6) is 1.42. The van der Waals surface area contributed by atoms with Gasteiger partial charge in [-0.25, -0.2) is 0 Å². The predicted octanol–water partition coefficient (Wildman–Crippen LogP) is 3.42. The van der Waals surface area contributed by atoms with E-state index in [1.807, 2.05) is 12.3 Å². The minimum atomic E-state index is 0.501. The summed E-state index contributed by atoms with van der Waals surface area (Å²) >= 11 is 5.44. The number of H-pyrrole nitrogens is 1. The van der Waals surface area contributed by atoms with Gasteiger partial charge in [-0.15, -0.1) is 0 Å². The second-order valence-electron chi connectivity index (χ2n) is 5.76. The van der Waals surface area contributed by atoms with E-state index in [-0.39, 0.29) is 0 Å². The second-order valence-corrected chi connectivity index (χ2v) is 6.17. The third kappa shape index (κ3) is 2.10. The lowest BCUT2D eigenvalue weighted by Gasteiger charge is -2.22.